The van der Waals surface area contributed by atoms with Crippen LogP contribution < -0.4 is 10.6 Å². The second kappa shape index (κ2) is 5.89. The molecule has 2 atom stereocenters. The molecule has 2 rings (SSSR count). The molecule has 0 saturated carbocycles. The van der Waals surface area contributed by atoms with Crippen LogP contribution in [0.1, 0.15) is 18.5 Å². The summed E-state index contributed by atoms with van der Waals surface area (Å²) >= 11 is 6.23. The first-order valence-electron chi connectivity index (χ1n) is 6.14. The van der Waals surface area contributed by atoms with E-state index in [1.165, 1.54) is 0 Å². The Morgan fingerprint density at radius 1 is 1.61 bits per heavy atom. The number of hydrogen-bond donors (Lipinski definition) is 2. The highest BCUT2D eigenvalue weighted by Crippen LogP contribution is 2.27. The highest BCUT2D eigenvalue weighted by atomic mass is 35.5. The number of nitrogens with zero attached hydrogens (tertiary/aromatic N) is 1. The maximum atomic E-state index is 9.13. The molecular weight excluding hydrogens is 252 g/mol. The highest BCUT2D eigenvalue weighted by molar-refractivity contribution is 6.31. The molecular formula is C13H19ClN2O2. The van der Waals surface area contributed by atoms with Crippen LogP contribution >= 0.6 is 11.6 Å². The predicted molar refractivity (Wildman–Crippen MR) is 73.1 cm³/mol. The van der Waals surface area contributed by atoms with Gasteiger partial charge in [-0.3, -0.25) is 0 Å². The Bertz CT molecular complexity index is 412. The Morgan fingerprint density at radius 2 is 2.39 bits per heavy atom. The van der Waals surface area contributed by atoms with Crippen LogP contribution in [0.15, 0.2) is 18.2 Å². The fourth-order valence-corrected chi connectivity index (χ4v) is 2.49. The van der Waals surface area contributed by atoms with Crippen molar-refractivity contribution in [3.05, 3.63) is 28.8 Å². The van der Waals surface area contributed by atoms with E-state index in [-0.39, 0.29) is 18.8 Å². The second-order valence-corrected chi connectivity index (χ2v) is 5.02. The molecule has 1 aromatic carbocycles. The van der Waals surface area contributed by atoms with Gasteiger partial charge in [0.25, 0.3) is 0 Å². The van der Waals surface area contributed by atoms with Gasteiger partial charge in [0.1, 0.15) is 0 Å². The van der Waals surface area contributed by atoms with Crippen LogP contribution in [0.4, 0.5) is 5.69 Å². The van der Waals surface area contributed by atoms with Crippen LogP contribution in [0.5, 0.6) is 0 Å². The first kappa shape index (κ1) is 13.6. The molecule has 18 heavy (non-hydrogen) atoms. The topological polar surface area (TPSA) is 58.7 Å². The third-order valence-corrected chi connectivity index (χ3v) is 3.51. The van der Waals surface area contributed by atoms with Gasteiger partial charge in [-0.25, -0.2) is 0 Å². The van der Waals surface area contributed by atoms with E-state index in [1.54, 1.807) is 0 Å². The lowest BCUT2D eigenvalue weighted by atomic mass is 10.1. The summed E-state index contributed by atoms with van der Waals surface area (Å²) in [6, 6.07) is 5.84. The SMILES string of the molecule is CC(N)c1ccc(N2CCOC(CO)C2)cc1Cl. The Balaban J connectivity index is 2.16. The first-order chi connectivity index (χ1) is 8.61. The fourth-order valence-electron chi connectivity index (χ4n) is 2.15. The minimum absolute atomic E-state index is 0.0438. The Kier molecular flexibility index (Phi) is 4.45. The van der Waals surface area contributed by atoms with E-state index in [9.17, 15) is 0 Å². The number of aliphatic hydroxyl groups is 1. The van der Waals surface area contributed by atoms with Crippen molar-refractivity contribution in [2.75, 3.05) is 31.2 Å². The molecule has 1 aliphatic rings. The molecule has 0 radical (unpaired) electrons. The molecule has 0 aromatic heterocycles. The Hall–Kier alpha value is -0.810. The van der Waals surface area contributed by atoms with Gasteiger partial charge < -0.3 is 20.5 Å². The number of aliphatic hydroxyl groups excluding tert-OH is 1. The Morgan fingerprint density at radius 3 is 3.00 bits per heavy atom. The molecule has 0 amide bonds. The molecule has 0 bridgehead atoms. The Labute approximate surface area is 112 Å². The number of rotatable bonds is 3. The maximum Gasteiger partial charge on any atom is 0.0980 e. The number of benzene rings is 1. The predicted octanol–water partition coefficient (Wildman–Crippen LogP) is 1.56. The van der Waals surface area contributed by atoms with Gasteiger partial charge in [0, 0.05) is 29.8 Å². The van der Waals surface area contributed by atoms with Crippen molar-refractivity contribution in [1.29, 1.82) is 0 Å². The molecule has 5 heteroatoms. The molecule has 100 valence electrons. The third-order valence-electron chi connectivity index (χ3n) is 3.18. The molecule has 1 heterocycles. The minimum atomic E-state index is -0.120. The number of ether oxygens (including phenoxy) is 1. The molecule has 0 aliphatic carbocycles. The van der Waals surface area contributed by atoms with Gasteiger partial charge in [0.15, 0.2) is 0 Å². The minimum Gasteiger partial charge on any atom is -0.394 e. The van der Waals surface area contributed by atoms with Crippen molar-refractivity contribution in [2.45, 2.75) is 19.1 Å². The van der Waals surface area contributed by atoms with Crippen molar-refractivity contribution in [3.8, 4) is 0 Å². The van der Waals surface area contributed by atoms with Gasteiger partial charge in [-0.15, -0.1) is 0 Å². The average molecular weight is 271 g/mol. The van der Waals surface area contributed by atoms with E-state index < -0.39 is 0 Å². The molecule has 3 N–H and O–H groups in total. The zero-order valence-electron chi connectivity index (χ0n) is 10.5. The average Bonchev–Trinajstić information content (AvgIpc) is 2.38. The number of hydrogen-bond acceptors (Lipinski definition) is 4. The van der Waals surface area contributed by atoms with E-state index in [1.807, 2.05) is 25.1 Å². The van der Waals surface area contributed by atoms with Crippen molar-refractivity contribution >= 4 is 17.3 Å². The molecule has 2 unspecified atom stereocenters. The summed E-state index contributed by atoms with van der Waals surface area (Å²) in [6.07, 6.45) is -0.120. The second-order valence-electron chi connectivity index (χ2n) is 4.62. The van der Waals surface area contributed by atoms with Gasteiger partial charge in [0.05, 0.1) is 19.3 Å². The molecule has 1 aliphatic heterocycles. The quantitative estimate of drug-likeness (QED) is 0.875. The van der Waals surface area contributed by atoms with E-state index >= 15 is 0 Å². The van der Waals surface area contributed by atoms with Crippen molar-refractivity contribution in [2.24, 2.45) is 5.73 Å². The molecule has 1 saturated heterocycles. The zero-order chi connectivity index (χ0) is 13.1. The van der Waals surface area contributed by atoms with Gasteiger partial charge in [0.2, 0.25) is 0 Å². The van der Waals surface area contributed by atoms with Gasteiger partial charge in [-0.1, -0.05) is 17.7 Å². The monoisotopic (exact) mass is 270 g/mol. The van der Waals surface area contributed by atoms with Crippen molar-refractivity contribution in [3.63, 3.8) is 0 Å². The third kappa shape index (κ3) is 2.95. The van der Waals surface area contributed by atoms with Crippen LogP contribution in [0, 0.1) is 0 Å². The van der Waals surface area contributed by atoms with Crippen LogP contribution in [-0.2, 0) is 4.74 Å². The maximum absolute atomic E-state index is 9.13. The number of nitrogens with two attached hydrogens (primary N) is 1. The zero-order valence-corrected chi connectivity index (χ0v) is 11.2. The van der Waals surface area contributed by atoms with Gasteiger partial charge >= 0.3 is 0 Å². The van der Waals surface area contributed by atoms with Crippen LogP contribution in [-0.4, -0.2) is 37.5 Å². The summed E-state index contributed by atoms with van der Waals surface area (Å²) in [7, 11) is 0. The lowest BCUT2D eigenvalue weighted by Crippen LogP contribution is -2.44. The number of anilines is 1. The van der Waals surface area contributed by atoms with Crippen LogP contribution in [0.25, 0.3) is 0 Å². The van der Waals surface area contributed by atoms with Gasteiger partial charge in [-0.05, 0) is 24.6 Å². The summed E-state index contributed by atoms with van der Waals surface area (Å²) in [5, 5.41) is 9.82. The fraction of sp³-hybridized carbons (Fsp3) is 0.538. The lowest BCUT2D eigenvalue weighted by Gasteiger charge is -2.34. The summed E-state index contributed by atoms with van der Waals surface area (Å²) in [5.74, 6) is 0. The summed E-state index contributed by atoms with van der Waals surface area (Å²) in [6.45, 7) is 4.08. The van der Waals surface area contributed by atoms with Gasteiger partial charge in [-0.2, -0.15) is 0 Å². The van der Waals surface area contributed by atoms with E-state index in [0.717, 1.165) is 17.8 Å². The first-order valence-corrected chi connectivity index (χ1v) is 6.52. The van der Waals surface area contributed by atoms with Crippen molar-refractivity contribution in [1.82, 2.24) is 0 Å². The molecule has 0 spiro atoms. The van der Waals surface area contributed by atoms with Crippen LogP contribution in [0.3, 0.4) is 0 Å². The summed E-state index contributed by atoms with van der Waals surface area (Å²) in [4.78, 5) is 2.17. The normalized spacial score (nSPS) is 22.0. The van der Waals surface area contributed by atoms with E-state index in [4.69, 9.17) is 27.2 Å². The smallest absolute Gasteiger partial charge is 0.0980 e. The van der Waals surface area contributed by atoms with Crippen molar-refractivity contribution < 1.29 is 9.84 Å². The standard InChI is InChI=1S/C13H19ClN2O2/c1-9(15)12-3-2-10(6-13(12)14)16-4-5-18-11(7-16)8-17/h2-3,6,9,11,17H,4-5,7-8,15H2,1H3. The molecule has 1 fully saturated rings. The highest BCUT2D eigenvalue weighted by Gasteiger charge is 2.20. The number of halogens is 1. The largest absolute Gasteiger partial charge is 0.394 e. The van der Waals surface area contributed by atoms with E-state index in [0.29, 0.717) is 18.2 Å². The molecule has 1 aromatic rings. The van der Waals surface area contributed by atoms with E-state index in [2.05, 4.69) is 4.90 Å². The number of morpholine rings is 1. The molecule has 4 nitrogen and oxygen atoms in total. The summed E-state index contributed by atoms with van der Waals surface area (Å²) in [5.41, 5.74) is 7.83. The lowest BCUT2D eigenvalue weighted by molar-refractivity contribution is 0.00357. The van der Waals surface area contributed by atoms with Crippen LogP contribution in [0.2, 0.25) is 5.02 Å². The summed E-state index contributed by atoms with van der Waals surface area (Å²) < 4.78 is 5.43.